The summed E-state index contributed by atoms with van der Waals surface area (Å²) in [5, 5.41) is 23.6. The number of thiazole rings is 3. The van der Waals surface area contributed by atoms with Crippen molar-refractivity contribution in [3.8, 4) is 0 Å². The molecule has 0 amide bonds. The number of hydrogen-bond acceptors (Lipinski definition) is 13. The highest BCUT2D eigenvalue weighted by atomic mass is 35.5. The predicted octanol–water partition coefficient (Wildman–Crippen LogP) is 16.5. The van der Waals surface area contributed by atoms with Crippen LogP contribution in [-0.2, 0) is 0 Å². The standard InChI is InChI=1S/C14H9ClN2O2S2.C14H11ClN2S2.C7H6ClNO2.C7H4ClNS2/c1-8-6-10(17(18)19)3-5-12(8)20-14-16-11-7-9(15)2-4-13(11)21-14;1-8-6-10(16)3-5-12(8)18-14-17-11-7-9(15)2-4-13(11)19-14;1-5-4-6(9(10)11)2-3-7(5)8;8-4-1-2-6-5(3-4)9-7(10)11-6/h2-7H,1H3;2-7H,16H2,1H3;2-4H,1H3;1-3H,(H,9,10). The van der Waals surface area contributed by atoms with Gasteiger partial charge in [-0.2, -0.15) is 0 Å². The first kappa shape index (κ1) is 47.2. The zero-order chi connectivity index (χ0) is 44.7. The van der Waals surface area contributed by atoms with Gasteiger partial charge in [-0.3, -0.25) is 20.2 Å². The number of rotatable bonds is 6. The second-order valence-corrected chi connectivity index (χ2v) is 21.0. The van der Waals surface area contributed by atoms with Crippen LogP contribution < -0.4 is 5.73 Å². The number of nitrogens with one attached hydrogen (secondary N) is 1. The van der Waals surface area contributed by atoms with E-state index in [4.69, 9.17) is 64.4 Å². The van der Waals surface area contributed by atoms with Crippen LogP contribution >= 0.6 is 116 Å². The molecule has 3 heterocycles. The Kier molecular flexibility index (Phi) is 16.2. The fourth-order valence-corrected chi connectivity index (χ4v) is 11.2. The lowest BCUT2D eigenvalue weighted by Crippen LogP contribution is -1.89. The highest BCUT2D eigenvalue weighted by molar-refractivity contribution is 8.01. The fourth-order valence-electron chi connectivity index (χ4n) is 5.35. The SMILES string of the molecule is Cc1cc(N)ccc1Sc1nc2cc(Cl)ccc2s1.Cc1cc([N+](=O)[O-])ccc1Cl.Cc1cc([N+](=O)[O-])ccc1Sc1nc2cc(Cl)ccc2s1.S=c1[nH]c2cc(Cl)ccc2s1. The molecule has 10 nitrogen and oxygen atoms in total. The van der Waals surface area contributed by atoms with Crippen LogP contribution in [0.1, 0.15) is 16.7 Å². The molecule has 0 aliphatic carbocycles. The number of nitrogen functional groups attached to an aromatic ring is 1. The van der Waals surface area contributed by atoms with Crippen molar-refractivity contribution in [1.82, 2.24) is 15.0 Å². The molecular formula is C42H30Cl4N6O4S6. The number of aromatic amines is 1. The molecule has 0 atom stereocenters. The number of fused-ring (bicyclic) bond motifs is 3. The van der Waals surface area contributed by atoms with Crippen LogP contribution in [0.5, 0.6) is 0 Å². The van der Waals surface area contributed by atoms with E-state index in [2.05, 4.69) is 21.9 Å². The molecule has 6 aromatic carbocycles. The molecule has 0 saturated carbocycles. The summed E-state index contributed by atoms with van der Waals surface area (Å²) in [4.78, 5) is 34.5. The summed E-state index contributed by atoms with van der Waals surface area (Å²) in [7, 11) is 0. The van der Waals surface area contributed by atoms with Crippen molar-refractivity contribution in [3.05, 3.63) is 170 Å². The van der Waals surface area contributed by atoms with Crippen molar-refractivity contribution in [1.29, 1.82) is 0 Å². The Bertz CT molecular complexity index is 3160. The van der Waals surface area contributed by atoms with Crippen molar-refractivity contribution >= 4 is 164 Å². The molecule has 316 valence electrons. The van der Waals surface area contributed by atoms with E-state index in [0.717, 1.165) is 75.0 Å². The van der Waals surface area contributed by atoms with Crippen LogP contribution in [0, 0.1) is 45.0 Å². The van der Waals surface area contributed by atoms with Crippen molar-refractivity contribution < 1.29 is 9.85 Å². The second-order valence-electron chi connectivity index (χ2n) is 13.0. The molecule has 9 aromatic rings. The lowest BCUT2D eigenvalue weighted by molar-refractivity contribution is -0.385. The van der Waals surface area contributed by atoms with Crippen LogP contribution in [0.4, 0.5) is 17.1 Å². The minimum Gasteiger partial charge on any atom is -0.399 e. The molecule has 9 rings (SSSR count). The Morgan fingerprint density at radius 1 is 0.597 bits per heavy atom. The smallest absolute Gasteiger partial charge is 0.269 e. The molecular weight excluding hydrogens is 987 g/mol. The van der Waals surface area contributed by atoms with Crippen molar-refractivity contribution in [2.45, 2.75) is 39.2 Å². The molecule has 0 unspecified atom stereocenters. The zero-order valence-electron chi connectivity index (χ0n) is 32.4. The first-order valence-corrected chi connectivity index (χ1v) is 23.8. The number of H-pyrrole nitrogens is 1. The molecule has 62 heavy (non-hydrogen) atoms. The summed E-state index contributed by atoms with van der Waals surface area (Å²) in [6, 6.07) is 32.3. The quantitative estimate of drug-likeness (QED) is 0.0712. The zero-order valence-corrected chi connectivity index (χ0v) is 40.3. The van der Waals surface area contributed by atoms with Gasteiger partial charge in [-0.05, 0) is 135 Å². The molecule has 0 fully saturated rings. The summed E-state index contributed by atoms with van der Waals surface area (Å²) in [6.45, 7) is 5.65. The minimum atomic E-state index is -0.441. The number of nitrogens with two attached hydrogens (primary N) is 1. The summed E-state index contributed by atoms with van der Waals surface area (Å²) in [6.07, 6.45) is 0. The van der Waals surface area contributed by atoms with E-state index in [0.29, 0.717) is 10.0 Å². The average molecular weight is 1020 g/mol. The van der Waals surface area contributed by atoms with E-state index in [1.807, 2.05) is 79.7 Å². The number of anilines is 1. The van der Waals surface area contributed by atoms with E-state index in [-0.39, 0.29) is 16.3 Å². The van der Waals surface area contributed by atoms with Crippen molar-refractivity contribution in [2.75, 3.05) is 5.73 Å². The molecule has 0 bridgehead atoms. The molecule has 20 heteroatoms. The number of aromatic nitrogens is 3. The fraction of sp³-hybridized carbons (Fsp3) is 0.0714. The molecule has 0 saturated heterocycles. The van der Waals surface area contributed by atoms with E-state index in [1.54, 1.807) is 64.8 Å². The third-order valence-electron chi connectivity index (χ3n) is 8.36. The first-order valence-electron chi connectivity index (χ1n) is 17.8. The Labute approximate surface area is 400 Å². The predicted molar refractivity (Wildman–Crippen MR) is 266 cm³/mol. The van der Waals surface area contributed by atoms with Gasteiger partial charge in [0.1, 0.15) is 0 Å². The van der Waals surface area contributed by atoms with Gasteiger partial charge in [0.05, 0.1) is 40.5 Å². The largest absolute Gasteiger partial charge is 0.399 e. The first-order chi connectivity index (χ1) is 29.5. The van der Waals surface area contributed by atoms with Gasteiger partial charge < -0.3 is 10.7 Å². The number of nitro benzene ring substituents is 2. The number of nitrogens with zero attached hydrogens (tertiary/aromatic N) is 4. The second kappa shape index (κ2) is 21.4. The molecule has 0 aliphatic rings. The maximum Gasteiger partial charge on any atom is 0.269 e. The van der Waals surface area contributed by atoms with E-state index >= 15 is 0 Å². The number of benzene rings is 6. The highest BCUT2D eigenvalue weighted by Crippen LogP contribution is 2.38. The lowest BCUT2D eigenvalue weighted by Gasteiger charge is -2.03. The number of non-ortho nitro benzene ring substituents is 2. The van der Waals surface area contributed by atoms with Crippen molar-refractivity contribution in [3.63, 3.8) is 0 Å². The molecule has 0 aliphatic heterocycles. The van der Waals surface area contributed by atoms with E-state index < -0.39 is 4.92 Å². The maximum atomic E-state index is 10.7. The third kappa shape index (κ3) is 12.9. The van der Waals surface area contributed by atoms with Crippen LogP contribution in [0.25, 0.3) is 30.6 Å². The molecule has 3 N–H and O–H groups in total. The van der Waals surface area contributed by atoms with E-state index in [1.165, 1.54) is 46.5 Å². The topological polar surface area (TPSA) is 154 Å². The van der Waals surface area contributed by atoms with E-state index in [9.17, 15) is 20.2 Å². The number of nitro groups is 2. The summed E-state index contributed by atoms with van der Waals surface area (Å²) in [5.74, 6) is 0. The third-order valence-corrected chi connectivity index (χ3v) is 15.3. The van der Waals surface area contributed by atoms with Gasteiger partial charge in [0.15, 0.2) is 12.6 Å². The van der Waals surface area contributed by atoms with Gasteiger partial charge in [0.25, 0.3) is 11.4 Å². The maximum absolute atomic E-state index is 10.7. The Balaban J connectivity index is 0.000000144. The summed E-state index contributed by atoms with van der Waals surface area (Å²) < 4.78 is 6.08. The average Bonchev–Trinajstić information content (AvgIpc) is 3.92. The lowest BCUT2D eigenvalue weighted by atomic mass is 10.2. The number of hydrogen-bond donors (Lipinski definition) is 2. The van der Waals surface area contributed by atoms with Crippen LogP contribution in [0.3, 0.4) is 0 Å². The van der Waals surface area contributed by atoms with Gasteiger partial charge in [0.2, 0.25) is 0 Å². The Morgan fingerprint density at radius 3 is 1.56 bits per heavy atom. The van der Waals surface area contributed by atoms with Gasteiger partial charge in [-0.25, -0.2) is 9.97 Å². The Morgan fingerprint density at radius 2 is 1.06 bits per heavy atom. The van der Waals surface area contributed by atoms with Gasteiger partial charge in [-0.1, -0.05) is 69.9 Å². The molecule has 0 radical (unpaired) electrons. The van der Waals surface area contributed by atoms with Crippen LogP contribution in [-0.4, -0.2) is 24.8 Å². The van der Waals surface area contributed by atoms with Gasteiger partial charge in [-0.15, -0.1) is 34.0 Å². The van der Waals surface area contributed by atoms with Gasteiger partial charge >= 0.3 is 0 Å². The Hall–Kier alpha value is -4.33. The highest BCUT2D eigenvalue weighted by Gasteiger charge is 2.12. The number of aryl methyl sites for hydroxylation is 3. The summed E-state index contributed by atoms with van der Waals surface area (Å²) >= 11 is 36.3. The molecule has 3 aromatic heterocycles. The summed E-state index contributed by atoms with van der Waals surface area (Å²) in [5.41, 5.74) is 12.3. The van der Waals surface area contributed by atoms with Crippen LogP contribution in [0.15, 0.2) is 128 Å². The number of halogens is 4. The normalized spacial score (nSPS) is 10.7. The van der Waals surface area contributed by atoms with Crippen molar-refractivity contribution in [2.24, 2.45) is 0 Å². The molecule has 0 spiro atoms. The minimum absolute atomic E-state index is 0.0758. The van der Waals surface area contributed by atoms with Crippen LogP contribution in [0.2, 0.25) is 20.1 Å². The monoisotopic (exact) mass is 1010 g/mol. The van der Waals surface area contributed by atoms with Gasteiger partial charge in [0, 0.05) is 59.8 Å².